The second-order valence-corrected chi connectivity index (χ2v) is 3.37. The van der Waals surface area contributed by atoms with Crippen LogP contribution in [0.2, 0.25) is 0 Å². The molecule has 1 rings (SSSR count). The number of nitrogens with zero attached hydrogens (tertiary/aromatic N) is 2. The van der Waals surface area contributed by atoms with Gasteiger partial charge in [-0.1, -0.05) is 11.5 Å². The highest BCUT2D eigenvalue weighted by atomic mass is 15.3. The zero-order valence-corrected chi connectivity index (χ0v) is 7.96. The molecule has 0 spiro atoms. The van der Waals surface area contributed by atoms with Gasteiger partial charge in [-0.3, -0.25) is 0 Å². The summed E-state index contributed by atoms with van der Waals surface area (Å²) in [5.41, 5.74) is 1.45. The van der Waals surface area contributed by atoms with Crippen LogP contribution in [0.25, 0.3) is 0 Å². The molecule has 1 aliphatic heterocycles. The third kappa shape index (κ3) is 1.66. The van der Waals surface area contributed by atoms with Crippen molar-refractivity contribution in [1.82, 2.24) is 9.62 Å². The quantitative estimate of drug-likeness (QED) is 0.514. The predicted molar refractivity (Wildman–Crippen MR) is 50.4 cm³/mol. The van der Waals surface area contributed by atoms with Gasteiger partial charge in [0.25, 0.3) is 0 Å². The Hall–Kier alpha value is -0.275. The van der Waals surface area contributed by atoms with Crippen LogP contribution in [0.1, 0.15) is 13.8 Å². The van der Waals surface area contributed by atoms with Gasteiger partial charge < -0.3 is 9.62 Å². The first kappa shape index (κ1) is 8.82. The maximum absolute atomic E-state index is 2.38. The average molecular weight is 152 g/mol. The molecule has 1 heterocycles. The minimum absolute atomic E-state index is 0.542. The number of hydrogen-bond donors (Lipinski definition) is 0. The Morgan fingerprint density at radius 1 is 1.27 bits per heavy atom. The van der Waals surface area contributed by atoms with Gasteiger partial charge in [-0.15, -0.1) is 0 Å². The van der Waals surface area contributed by atoms with Crippen LogP contribution < -0.4 is 0 Å². The summed E-state index contributed by atoms with van der Waals surface area (Å²) in [6.07, 6.45) is 2.20. The van der Waals surface area contributed by atoms with Gasteiger partial charge in [0.05, 0.1) is 0 Å². The van der Waals surface area contributed by atoms with Crippen molar-refractivity contribution in [3.05, 3.63) is 11.5 Å². The highest BCUT2D eigenvalue weighted by Crippen LogP contribution is 2.12. The van der Waals surface area contributed by atoms with Crippen LogP contribution in [0.3, 0.4) is 0 Å². The summed E-state index contributed by atoms with van der Waals surface area (Å²) in [6, 6.07) is 0. The maximum Gasteiger partial charge on any atom is 0.341 e. The van der Waals surface area contributed by atoms with Crippen LogP contribution in [0.5, 0.6) is 0 Å². The number of rotatable bonds is 1. The van der Waals surface area contributed by atoms with Crippen molar-refractivity contribution in [1.29, 1.82) is 0 Å². The Morgan fingerprint density at radius 2 is 1.73 bits per heavy atom. The van der Waals surface area contributed by atoms with Crippen molar-refractivity contribution in [2.45, 2.75) is 13.8 Å². The minimum Gasteiger partial charge on any atom is -0.326 e. The molecule has 0 unspecified atom stereocenters. The van der Waals surface area contributed by atoms with Gasteiger partial charge in [-0.25, -0.2) is 0 Å². The number of allylic oxidation sites excluding steroid dienone is 2. The fourth-order valence-electron chi connectivity index (χ4n) is 1.74. The molecule has 0 saturated carbocycles. The molecule has 1 saturated heterocycles. The molecule has 0 bridgehead atoms. The smallest absolute Gasteiger partial charge is 0.326 e. The first-order valence-electron chi connectivity index (χ1n) is 4.20. The molecule has 62 valence electrons. The lowest BCUT2D eigenvalue weighted by molar-refractivity contribution is 0.553. The molecule has 0 aromatic carbocycles. The van der Waals surface area contributed by atoms with E-state index in [4.69, 9.17) is 0 Å². The molecule has 0 radical (unpaired) electrons. The topological polar surface area (TPSA) is 6.48 Å². The molecule has 0 aromatic heterocycles. The lowest BCUT2D eigenvalue weighted by Crippen LogP contribution is -2.41. The van der Waals surface area contributed by atoms with Crippen LogP contribution in [-0.4, -0.2) is 43.8 Å². The number of likely N-dealkylation sites (N-methyl/N-ethyl adjacent to an activating group) is 2. The zero-order chi connectivity index (χ0) is 8.43. The van der Waals surface area contributed by atoms with Gasteiger partial charge in [0.2, 0.25) is 0 Å². The van der Waals surface area contributed by atoms with E-state index in [0.29, 0.717) is 6.98 Å². The fraction of sp³-hybridized carbons (Fsp3) is 0.750. The number of hydrogen-bond acceptors (Lipinski definition) is 2. The molecule has 3 heteroatoms. The monoisotopic (exact) mass is 152 g/mol. The van der Waals surface area contributed by atoms with Gasteiger partial charge >= 0.3 is 6.98 Å². The Kier molecular flexibility index (Phi) is 2.74. The molecule has 1 fully saturated rings. The summed E-state index contributed by atoms with van der Waals surface area (Å²) < 4.78 is 0. The summed E-state index contributed by atoms with van der Waals surface area (Å²) in [7, 11) is 4.36. The van der Waals surface area contributed by atoms with Gasteiger partial charge in [0.15, 0.2) is 0 Å². The van der Waals surface area contributed by atoms with Crippen LogP contribution in [0.4, 0.5) is 0 Å². The van der Waals surface area contributed by atoms with Crippen molar-refractivity contribution in [2.24, 2.45) is 0 Å². The fourth-order valence-corrected chi connectivity index (χ4v) is 1.74. The summed E-state index contributed by atoms with van der Waals surface area (Å²) in [5.74, 6) is 0. The predicted octanol–water partition coefficient (Wildman–Crippen LogP) is 0.857. The maximum atomic E-state index is 2.38. The molecule has 0 atom stereocenters. The van der Waals surface area contributed by atoms with Gasteiger partial charge in [0.1, 0.15) is 0 Å². The highest BCUT2D eigenvalue weighted by Gasteiger charge is 2.32. The first-order chi connectivity index (χ1) is 5.16. The summed E-state index contributed by atoms with van der Waals surface area (Å²) in [4.78, 5) is 4.77. The summed E-state index contributed by atoms with van der Waals surface area (Å²) in [6.45, 7) is 7.22. The molecule has 0 amide bonds. The SMILES string of the molecule is C/C=C(\C)B1N(C)CCN1C. The van der Waals surface area contributed by atoms with Gasteiger partial charge in [-0.2, -0.15) is 0 Å². The highest BCUT2D eigenvalue weighted by molar-refractivity contribution is 6.61. The van der Waals surface area contributed by atoms with E-state index in [9.17, 15) is 0 Å². The van der Waals surface area contributed by atoms with E-state index in [-0.39, 0.29) is 0 Å². The third-order valence-corrected chi connectivity index (χ3v) is 2.50. The Labute approximate surface area is 70.0 Å². The minimum atomic E-state index is 0.542. The van der Waals surface area contributed by atoms with E-state index < -0.39 is 0 Å². The standard InChI is InChI=1S/C8H17BN2/c1-5-8(2)9-10(3)6-7-11(9)4/h5H,6-7H2,1-4H3/b8-5+. The molecule has 11 heavy (non-hydrogen) atoms. The van der Waals surface area contributed by atoms with Crippen LogP contribution in [-0.2, 0) is 0 Å². The van der Waals surface area contributed by atoms with E-state index in [2.05, 4.69) is 43.6 Å². The van der Waals surface area contributed by atoms with E-state index >= 15 is 0 Å². The van der Waals surface area contributed by atoms with Crippen molar-refractivity contribution >= 4 is 6.98 Å². The molecule has 1 aliphatic rings. The lowest BCUT2D eigenvalue weighted by atomic mass is 9.66. The van der Waals surface area contributed by atoms with Crippen LogP contribution in [0, 0.1) is 0 Å². The third-order valence-electron chi connectivity index (χ3n) is 2.50. The summed E-state index contributed by atoms with van der Waals surface area (Å²) in [5, 5.41) is 0. The normalized spacial score (nSPS) is 23.3. The molecule has 0 aliphatic carbocycles. The van der Waals surface area contributed by atoms with Crippen LogP contribution >= 0.6 is 0 Å². The van der Waals surface area contributed by atoms with Crippen molar-refractivity contribution in [3.8, 4) is 0 Å². The van der Waals surface area contributed by atoms with Crippen molar-refractivity contribution < 1.29 is 0 Å². The Morgan fingerprint density at radius 3 is 2.09 bits per heavy atom. The van der Waals surface area contributed by atoms with E-state index in [1.165, 1.54) is 18.6 Å². The van der Waals surface area contributed by atoms with E-state index in [1.54, 1.807) is 0 Å². The molecule has 0 N–H and O–H groups in total. The average Bonchev–Trinajstić information content (AvgIpc) is 2.30. The van der Waals surface area contributed by atoms with Crippen molar-refractivity contribution in [2.75, 3.05) is 27.2 Å². The Bertz CT molecular complexity index is 157. The van der Waals surface area contributed by atoms with Gasteiger partial charge in [0, 0.05) is 13.1 Å². The molecule has 2 nitrogen and oxygen atoms in total. The van der Waals surface area contributed by atoms with E-state index in [1.807, 2.05) is 0 Å². The first-order valence-corrected chi connectivity index (χ1v) is 4.20. The molecular formula is C8H17BN2. The van der Waals surface area contributed by atoms with Gasteiger partial charge in [-0.05, 0) is 27.9 Å². The van der Waals surface area contributed by atoms with Crippen LogP contribution in [0.15, 0.2) is 11.5 Å². The largest absolute Gasteiger partial charge is 0.341 e. The molecular weight excluding hydrogens is 135 g/mol. The second kappa shape index (κ2) is 3.41. The lowest BCUT2D eigenvalue weighted by Gasteiger charge is -2.20. The second-order valence-electron chi connectivity index (χ2n) is 3.37. The Balaban J connectivity index is 2.68. The summed E-state index contributed by atoms with van der Waals surface area (Å²) >= 11 is 0. The molecule has 0 aromatic rings. The van der Waals surface area contributed by atoms with Crippen molar-refractivity contribution in [3.63, 3.8) is 0 Å². The zero-order valence-electron chi connectivity index (χ0n) is 7.96. The van der Waals surface area contributed by atoms with E-state index in [0.717, 1.165) is 0 Å².